The normalized spacial score (nSPS) is 15.5. The Labute approximate surface area is 236 Å². The molecule has 0 saturated carbocycles. The predicted octanol–water partition coefficient (Wildman–Crippen LogP) is 7.69. The van der Waals surface area contributed by atoms with Crippen molar-refractivity contribution in [3.63, 3.8) is 0 Å². The molecule has 0 fully saturated rings. The zero-order valence-electron chi connectivity index (χ0n) is 23.0. The van der Waals surface area contributed by atoms with Crippen LogP contribution in [0.15, 0.2) is 72.9 Å². The molecule has 0 N–H and O–H groups in total. The van der Waals surface area contributed by atoms with Gasteiger partial charge in [0.15, 0.2) is 11.5 Å². The summed E-state index contributed by atoms with van der Waals surface area (Å²) in [7, 11) is 1.74. The van der Waals surface area contributed by atoms with E-state index >= 15 is 0 Å². The van der Waals surface area contributed by atoms with Crippen LogP contribution < -0.4 is 0 Å². The maximum absolute atomic E-state index is 14.1. The molecule has 1 unspecified atom stereocenters. The van der Waals surface area contributed by atoms with Crippen LogP contribution in [0, 0.1) is 6.92 Å². The number of nitrogens with zero attached hydrogens (tertiary/aromatic N) is 3. The first-order valence-electron chi connectivity index (χ1n) is 13.4. The van der Waals surface area contributed by atoms with Gasteiger partial charge in [0.25, 0.3) is 0 Å². The second-order valence-electron chi connectivity index (χ2n) is 9.91. The molecular weight excluding hydrogens is 531 g/mol. The molecule has 0 amide bonds. The van der Waals surface area contributed by atoms with Gasteiger partial charge in [0, 0.05) is 12.7 Å². The van der Waals surface area contributed by atoms with Crippen molar-refractivity contribution >= 4 is 11.5 Å². The molecule has 0 saturated heterocycles. The van der Waals surface area contributed by atoms with Crippen LogP contribution in [0.25, 0.3) is 33.8 Å². The summed E-state index contributed by atoms with van der Waals surface area (Å²) >= 11 is 0. The van der Waals surface area contributed by atoms with E-state index in [4.69, 9.17) is 9.47 Å². The Balaban J connectivity index is 1.53. The molecule has 1 atom stereocenters. The number of ether oxygens (including phenoxy) is 2. The van der Waals surface area contributed by atoms with Gasteiger partial charge in [0.2, 0.25) is 0 Å². The highest BCUT2D eigenvalue weighted by atomic mass is 19.4. The molecule has 0 aliphatic heterocycles. The number of methoxy groups -OCH3 is 1. The third-order valence-corrected chi connectivity index (χ3v) is 7.20. The van der Waals surface area contributed by atoms with Crippen molar-refractivity contribution in [1.29, 1.82) is 0 Å². The maximum atomic E-state index is 14.1. The summed E-state index contributed by atoms with van der Waals surface area (Å²) in [5, 5.41) is 3.87. The van der Waals surface area contributed by atoms with Crippen LogP contribution in [0.2, 0.25) is 0 Å². The number of carbonyl (C=O) groups excluding carboxylic acids is 1. The summed E-state index contributed by atoms with van der Waals surface area (Å²) in [6.07, 6.45) is 1.35. The minimum absolute atomic E-state index is 0.0575. The molecule has 2 aromatic heterocycles. The molecule has 0 spiro atoms. The van der Waals surface area contributed by atoms with E-state index in [0.29, 0.717) is 10.4 Å². The lowest BCUT2D eigenvalue weighted by Gasteiger charge is -2.21. The average Bonchev–Trinajstić information content (AvgIpc) is 3.44. The van der Waals surface area contributed by atoms with Gasteiger partial charge in [-0.05, 0) is 73.6 Å². The molecule has 6 nitrogen and oxygen atoms in total. The number of halogens is 3. The quantitative estimate of drug-likeness (QED) is 0.217. The molecular formula is C32H30F3N3O3. The number of pyridine rings is 1. The van der Waals surface area contributed by atoms with Crippen LogP contribution >= 0.6 is 0 Å². The fourth-order valence-electron chi connectivity index (χ4n) is 5.12. The molecule has 9 heteroatoms. The van der Waals surface area contributed by atoms with Crippen LogP contribution in [0.1, 0.15) is 53.4 Å². The van der Waals surface area contributed by atoms with Crippen LogP contribution in [-0.4, -0.2) is 40.6 Å². The van der Waals surface area contributed by atoms with E-state index in [0.717, 1.165) is 53.3 Å². The second-order valence-corrected chi connectivity index (χ2v) is 9.91. The first-order valence-corrected chi connectivity index (χ1v) is 13.4. The zero-order chi connectivity index (χ0) is 29.1. The summed E-state index contributed by atoms with van der Waals surface area (Å²) < 4.78 is 53.2. The fourth-order valence-corrected chi connectivity index (χ4v) is 5.12. The van der Waals surface area contributed by atoms with Crippen LogP contribution in [-0.2, 0) is 15.7 Å². The van der Waals surface area contributed by atoms with Gasteiger partial charge < -0.3 is 9.47 Å². The van der Waals surface area contributed by atoms with Gasteiger partial charge in [0.05, 0.1) is 24.6 Å². The molecule has 5 rings (SSSR count). The Morgan fingerprint density at radius 2 is 1.80 bits per heavy atom. The lowest BCUT2D eigenvalue weighted by molar-refractivity contribution is -0.143. The number of rotatable bonds is 7. The number of carbonyl (C=O) groups is 1. The SMILES string of the molecule is CCOC(=O)c1cnn(-c2cccc(-c3cc(C)ccc3-c3ccc(C4=CCC(OC)CC4)cc3)n2)c1C(F)(F)F. The number of benzene rings is 2. The van der Waals surface area contributed by atoms with Crippen LogP contribution in [0.5, 0.6) is 0 Å². The molecule has 41 heavy (non-hydrogen) atoms. The largest absolute Gasteiger partial charge is 0.462 e. The van der Waals surface area contributed by atoms with E-state index < -0.39 is 23.4 Å². The number of allylic oxidation sites excluding steroid dienone is 1. The summed E-state index contributed by atoms with van der Waals surface area (Å²) in [5.41, 5.74) is 4.65. The van der Waals surface area contributed by atoms with E-state index in [1.165, 1.54) is 18.6 Å². The van der Waals surface area contributed by atoms with Crippen LogP contribution in [0.3, 0.4) is 0 Å². The standard InChI is InChI=1S/C32H30F3N3O3/c1-4-41-31(39)27-19-36-38(30(27)32(33,34)35)29-7-5-6-28(37-29)26-18-20(2)8-17-25(26)23-11-9-21(10-12-23)22-13-15-24(40-3)16-14-22/h5-13,17-19,24H,4,14-16H2,1-3H3. The van der Waals surface area contributed by atoms with E-state index in [9.17, 15) is 18.0 Å². The zero-order valence-corrected chi connectivity index (χ0v) is 23.0. The number of esters is 1. The molecule has 4 aromatic rings. The Hall–Kier alpha value is -4.24. The fraction of sp³-hybridized carbons (Fsp3) is 0.281. The van der Waals surface area contributed by atoms with Crippen molar-refractivity contribution in [3.05, 3.63) is 95.3 Å². The lowest BCUT2D eigenvalue weighted by atomic mass is 9.90. The second kappa shape index (κ2) is 11.7. The molecule has 1 aliphatic rings. The predicted molar refractivity (Wildman–Crippen MR) is 151 cm³/mol. The van der Waals surface area contributed by atoms with Gasteiger partial charge in [-0.15, -0.1) is 0 Å². The average molecular weight is 562 g/mol. The van der Waals surface area contributed by atoms with Gasteiger partial charge in [-0.1, -0.05) is 54.1 Å². The number of alkyl halides is 3. The van der Waals surface area contributed by atoms with E-state index in [-0.39, 0.29) is 18.5 Å². The first kappa shape index (κ1) is 28.3. The topological polar surface area (TPSA) is 66.2 Å². The Bertz CT molecular complexity index is 1590. The van der Waals surface area contributed by atoms with Crippen molar-refractivity contribution in [2.75, 3.05) is 13.7 Å². The third-order valence-electron chi connectivity index (χ3n) is 7.20. The maximum Gasteiger partial charge on any atom is 0.434 e. The molecule has 2 aromatic carbocycles. The summed E-state index contributed by atoms with van der Waals surface area (Å²) in [4.78, 5) is 16.8. The molecule has 212 valence electrons. The van der Waals surface area contributed by atoms with E-state index in [1.54, 1.807) is 19.2 Å². The Morgan fingerprint density at radius 1 is 1.05 bits per heavy atom. The summed E-state index contributed by atoms with van der Waals surface area (Å²) in [5.74, 6) is -1.15. The minimum atomic E-state index is -4.86. The van der Waals surface area contributed by atoms with Crippen molar-refractivity contribution in [1.82, 2.24) is 14.8 Å². The van der Waals surface area contributed by atoms with E-state index in [1.807, 2.05) is 25.1 Å². The number of aryl methyl sites for hydroxylation is 1. The van der Waals surface area contributed by atoms with Gasteiger partial charge >= 0.3 is 12.1 Å². The van der Waals surface area contributed by atoms with Crippen LogP contribution in [0.4, 0.5) is 13.2 Å². The summed E-state index contributed by atoms with van der Waals surface area (Å²) in [6, 6.07) is 19.0. The molecule has 2 heterocycles. The van der Waals surface area contributed by atoms with Gasteiger partial charge in [-0.3, -0.25) is 0 Å². The Morgan fingerprint density at radius 3 is 2.46 bits per heavy atom. The Kier molecular flexibility index (Phi) is 8.08. The molecule has 0 radical (unpaired) electrons. The smallest absolute Gasteiger partial charge is 0.434 e. The van der Waals surface area contributed by atoms with Crippen molar-refractivity contribution in [3.8, 4) is 28.2 Å². The minimum Gasteiger partial charge on any atom is -0.462 e. The first-order chi connectivity index (χ1) is 19.7. The molecule has 1 aliphatic carbocycles. The number of hydrogen-bond donors (Lipinski definition) is 0. The highest BCUT2D eigenvalue weighted by molar-refractivity contribution is 5.91. The van der Waals surface area contributed by atoms with Crippen molar-refractivity contribution in [2.24, 2.45) is 0 Å². The highest BCUT2D eigenvalue weighted by Gasteiger charge is 2.41. The number of aromatic nitrogens is 3. The van der Waals surface area contributed by atoms with Crippen molar-refractivity contribution < 1.29 is 27.4 Å². The monoisotopic (exact) mass is 561 g/mol. The van der Waals surface area contributed by atoms with Crippen molar-refractivity contribution in [2.45, 2.75) is 45.4 Å². The van der Waals surface area contributed by atoms with Gasteiger partial charge in [0.1, 0.15) is 5.56 Å². The number of hydrogen-bond acceptors (Lipinski definition) is 5. The van der Waals surface area contributed by atoms with Gasteiger partial charge in [-0.2, -0.15) is 18.3 Å². The molecule has 0 bridgehead atoms. The lowest BCUT2D eigenvalue weighted by Crippen LogP contribution is -2.19. The summed E-state index contributed by atoms with van der Waals surface area (Å²) in [6.45, 7) is 3.42. The van der Waals surface area contributed by atoms with E-state index in [2.05, 4.69) is 40.4 Å². The highest BCUT2D eigenvalue weighted by Crippen LogP contribution is 2.36. The third kappa shape index (κ3) is 5.95. The van der Waals surface area contributed by atoms with Gasteiger partial charge in [-0.25, -0.2) is 14.5 Å².